The zero-order valence-electron chi connectivity index (χ0n) is 12.5. The van der Waals surface area contributed by atoms with Crippen LogP contribution >= 0.6 is 23.4 Å². The minimum absolute atomic E-state index is 0.161. The molecule has 0 spiro atoms. The van der Waals surface area contributed by atoms with Gasteiger partial charge in [-0.1, -0.05) is 60.1 Å². The molecule has 2 aromatic carbocycles. The van der Waals surface area contributed by atoms with E-state index in [1.54, 1.807) is 11.8 Å². The molecule has 0 saturated heterocycles. The van der Waals surface area contributed by atoms with Gasteiger partial charge in [-0.2, -0.15) is 11.8 Å². The van der Waals surface area contributed by atoms with E-state index >= 15 is 0 Å². The van der Waals surface area contributed by atoms with Crippen LogP contribution in [0.4, 0.5) is 0 Å². The summed E-state index contributed by atoms with van der Waals surface area (Å²) in [5, 5.41) is 4.27. The van der Waals surface area contributed by atoms with Gasteiger partial charge in [-0.05, 0) is 11.6 Å². The van der Waals surface area contributed by atoms with Gasteiger partial charge in [-0.3, -0.25) is 4.79 Å². The van der Waals surface area contributed by atoms with Gasteiger partial charge in [-0.25, -0.2) is 0 Å². The monoisotopic (exact) mass is 344 g/mol. The van der Waals surface area contributed by atoms with Gasteiger partial charge in [0.05, 0.1) is 5.02 Å². The number of thioether (sulfide) groups is 1. The molecule has 118 valence electrons. The number of aromatic amines is 1. The SMILES string of the molecule is O=C(NCCSCc1ccccc1)c1[nH]c2ccccc2c1Cl. The maximum atomic E-state index is 12.2. The van der Waals surface area contributed by atoms with Crippen molar-refractivity contribution in [2.75, 3.05) is 12.3 Å². The molecular formula is C18H17ClN2OS. The molecule has 0 fully saturated rings. The molecule has 0 radical (unpaired) electrons. The highest BCUT2D eigenvalue weighted by molar-refractivity contribution is 7.98. The Labute approximate surface area is 144 Å². The third kappa shape index (κ3) is 3.89. The Kier molecular flexibility index (Phi) is 5.26. The molecule has 0 aliphatic heterocycles. The summed E-state index contributed by atoms with van der Waals surface area (Å²) in [6.07, 6.45) is 0. The van der Waals surface area contributed by atoms with E-state index in [0.29, 0.717) is 17.3 Å². The molecule has 0 saturated carbocycles. The second kappa shape index (κ2) is 7.57. The Morgan fingerprint density at radius 1 is 1.09 bits per heavy atom. The first-order chi connectivity index (χ1) is 11.3. The molecule has 0 bridgehead atoms. The van der Waals surface area contributed by atoms with Crippen molar-refractivity contribution in [3.05, 3.63) is 70.9 Å². The van der Waals surface area contributed by atoms with Crippen LogP contribution in [-0.4, -0.2) is 23.2 Å². The number of aromatic nitrogens is 1. The molecule has 5 heteroatoms. The molecule has 0 atom stereocenters. The Bertz CT molecular complexity index is 801. The lowest BCUT2D eigenvalue weighted by atomic mass is 10.2. The fraction of sp³-hybridized carbons (Fsp3) is 0.167. The van der Waals surface area contributed by atoms with Gasteiger partial charge in [0.2, 0.25) is 0 Å². The molecular weight excluding hydrogens is 328 g/mol. The molecule has 1 heterocycles. The van der Waals surface area contributed by atoms with E-state index in [4.69, 9.17) is 11.6 Å². The molecule has 0 unspecified atom stereocenters. The van der Waals surface area contributed by atoms with Gasteiger partial charge in [0.15, 0.2) is 0 Å². The lowest BCUT2D eigenvalue weighted by Gasteiger charge is -2.04. The molecule has 0 aliphatic carbocycles. The van der Waals surface area contributed by atoms with E-state index in [9.17, 15) is 4.79 Å². The Morgan fingerprint density at radius 3 is 2.61 bits per heavy atom. The van der Waals surface area contributed by atoms with Crippen LogP contribution in [0.2, 0.25) is 5.02 Å². The molecule has 3 rings (SSSR count). The summed E-state index contributed by atoms with van der Waals surface area (Å²) in [7, 11) is 0. The first-order valence-electron chi connectivity index (χ1n) is 7.42. The predicted octanol–water partition coefficient (Wildman–Crippen LogP) is 4.48. The van der Waals surface area contributed by atoms with Gasteiger partial charge < -0.3 is 10.3 Å². The first-order valence-corrected chi connectivity index (χ1v) is 8.95. The fourth-order valence-corrected chi connectivity index (χ4v) is 3.47. The molecule has 3 nitrogen and oxygen atoms in total. The fourth-order valence-electron chi connectivity index (χ4n) is 2.35. The highest BCUT2D eigenvalue weighted by Crippen LogP contribution is 2.26. The van der Waals surface area contributed by atoms with Crippen molar-refractivity contribution in [1.29, 1.82) is 0 Å². The number of fused-ring (bicyclic) bond motifs is 1. The average molecular weight is 345 g/mol. The standard InChI is InChI=1S/C18H17ClN2OS/c19-16-14-8-4-5-9-15(14)21-17(16)18(22)20-10-11-23-12-13-6-2-1-3-7-13/h1-9,21H,10-12H2,(H,20,22). The summed E-state index contributed by atoms with van der Waals surface area (Å²) in [6, 6.07) is 17.9. The van der Waals surface area contributed by atoms with Crippen LogP contribution in [0.5, 0.6) is 0 Å². The van der Waals surface area contributed by atoms with Crippen LogP contribution in [0.3, 0.4) is 0 Å². The lowest BCUT2D eigenvalue weighted by molar-refractivity contribution is 0.0952. The normalized spacial score (nSPS) is 10.8. The maximum absolute atomic E-state index is 12.2. The van der Waals surface area contributed by atoms with Crippen LogP contribution in [0.25, 0.3) is 10.9 Å². The number of benzene rings is 2. The number of amides is 1. The summed E-state index contributed by atoms with van der Waals surface area (Å²) >= 11 is 8.07. The summed E-state index contributed by atoms with van der Waals surface area (Å²) in [5.74, 6) is 1.65. The van der Waals surface area contributed by atoms with E-state index in [0.717, 1.165) is 22.4 Å². The zero-order chi connectivity index (χ0) is 16.1. The van der Waals surface area contributed by atoms with E-state index < -0.39 is 0 Å². The molecule has 0 aliphatic rings. The lowest BCUT2D eigenvalue weighted by Crippen LogP contribution is -2.26. The summed E-state index contributed by atoms with van der Waals surface area (Å²) in [5.41, 5.74) is 2.60. The van der Waals surface area contributed by atoms with Crippen LogP contribution in [0.1, 0.15) is 16.1 Å². The highest BCUT2D eigenvalue weighted by atomic mass is 35.5. The largest absolute Gasteiger partial charge is 0.350 e. The third-order valence-corrected chi connectivity index (χ3v) is 4.94. The number of H-pyrrole nitrogens is 1. The number of hydrogen-bond acceptors (Lipinski definition) is 2. The van der Waals surface area contributed by atoms with Gasteiger partial charge in [-0.15, -0.1) is 0 Å². The molecule has 2 N–H and O–H groups in total. The number of carbonyl (C=O) groups is 1. The number of halogens is 1. The van der Waals surface area contributed by atoms with E-state index in [2.05, 4.69) is 22.4 Å². The minimum Gasteiger partial charge on any atom is -0.350 e. The quantitative estimate of drug-likeness (QED) is 0.647. The number of rotatable bonds is 6. The van der Waals surface area contributed by atoms with Crippen LogP contribution < -0.4 is 5.32 Å². The Hall–Kier alpha value is -1.91. The first kappa shape index (κ1) is 16.0. The average Bonchev–Trinajstić information content (AvgIpc) is 2.93. The van der Waals surface area contributed by atoms with Crippen LogP contribution in [-0.2, 0) is 5.75 Å². The van der Waals surface area contributed by atoms with Crippen molar-refractivity contribution in [3.63, 3.8) is 0 Å². The van der Waals surface area contributed by atoms with Crippen molar-refractivity contribution < 1.29 is 4.79 Å². The zero-order valence-corrected chi connectivity index (χ0v) is 14.1. The second-order valence-corrected chi connectivity index (χ2v) is 6.64. The van der Waals surface area contributed by atoms with Gasteiger partial charge in [0, 0.05) is 29.0 Å². The van der Waals surface area contributed by atoms with Gasteiger partial charge >= 0.3 is 0 Å². The summed E-state index contributed by atoms with van der Waals surface area (Å²) in [6.45, 7) is 0.613. The molecule has 3 aromatic rings. The summed E-state index contributed by atoms with van der Waals surface area (Å²) in [4.78, 5) is 15.3. The van der Waals surface area contributed by atoms with Crippen molar-refractivity contribution >= 4 is 40.2 Å². The van der Waals surface area contributed by atoms with Crippen molar-refractivity contribution in [1.82, 2.24) is 10.3 Å². The number of carbonyl (C=O) groups excluding carboxylic acids is 1. The van der Waals surface area contributed by atoms with E-state index in [-0.39, 0.29) is 5.91 Å². The van der Waals surface area contributed by atoms with Crippen molar-refractivity contribution in [3.8, 4) is 0 Å². The Morgan fingerprint density at radius 2 is 1.83 bits per heavy atom. The number of nitrogens with one attached hydrogen (secondary N) is 2. The minimum atomic E-state index is -0.161. The van der Waals surface area contributed by atoms with Crippen LogP contribution in [0, 0.1) is 0 Å². The molecule has 1 aromatic heterocycles. The number of para-hydroxylation sites is 1. The Balaban J connectivity index is 1.50. The van der Waals surface area contributed by atoms with Gasteiger partial charge in [0.25, 0.3) is 5.91 Å². The van der Waals surface area contributed by atoms with Crippen LogP contribution in [0.15, 0.2) is 54.6 Å². The number of hydrogen-bond donors (Lipinski definition) is 2. The van der Waals surface area contributed by atoms with Crippen molar-refractivity contribution in [2.45, 2.75) is 5.75 Å². The predicted molar refractivity (Wildman–Crippen MR) is 98.2 cm³/mol. The highest BCUT2D eigenvalue weighted by Gasteiger charge is 2.15. The third-order valence-electron chi connectivity index (χ3n) is 3.51. The maximum Gasteiger partial charge on any atom is 0.269 e. The van der Waals surface area contributed by atoms with Crippen molar-refractivity contribution in [2.24, 2.45) is 0 Å². The second-order valence-electron chi connectivity index (χ2n) is 5.15. The van der Waals surface area contributed by atoms with Gasteiger partial charge in [0.1, 0.15) is 5.69 Å². The molecule has 1 amide bonds. The summed E-state index contributed by atoms with van der Waals surface area (Å²) < 4.78 is 0. The van der Waals surface area contributed by atoms with E-state index in [1.807, 2.05) is 42.5 Å². The topological polar surface area (TPSA) is 44.9 Å². The van der Waals surface area contributed by atoms with E-state index in [1.165, 1.54) is 5.56 Å². The molecule has 23 heavy (non-hydrogen) atoms. The smallest absolute Gasteiger partial charge is 0.269 e.